The summed E-state index contributed by atoms with van der Waals surface area (Å²) >= 11 is 0. The van der Waals surface area contributed by atoms with Gasteiger partial charge in [-0.3, -0.25) is 9.13 Å². The van der Waals surface area contributed by atoms with Crippen LogP contribution in [0, 0.1) is 13.8 Å². The first-order valence-corrected chi connectivity index (χ1v) is 24.6. The molecule has 0 amide bonds. The van der Waals surface area contributed by atoms with Crippen LogP contribution in [-0.2, 0) is 27.2 Å². The van der Waals surface area contributed by atoms with E-state index in [1.54, 1.807) is 0 Å². The number of hydrogen-bond acceptors (Lipinski definition) is 8. The van der Waals surface area contributed by atoms with Gasteiger partial charge in [0.15, 0.2) is 11.6 Å². The second-order valence-electron chi connectivity index (χ2n) is 15.0. The van der Waals surface area contributed by atoms with E-state index in [-0.39, 0.29) is 0 Å². The van der Waals surface area contributed by atoms with Crippen molar-refractivity contribution in [3.8, 4) is 0 Å². The molecule has 0 aliphatic carbocycles. The highest BCUT2D eigenvalue weighted by molar-refractivity contribution is 7.54. The highest BCUT2D eigenvalue weighted by atomic mass is 31.2. The molecule has 0 bridgehead atoms. The lowest BCUT2D eigenvalue weighted by molar-refractivity contribution is 0.213. The van der Waals surface area contributed by atoms with Crippen LogP contribution in [0.2, 0.25) is 0 Å². The Kier molecular flexibility index (Phi) is 14.6. The van der Waals surface area contributed by atoms with Crippen molar-refractivity contribution >= 4 is 69.7 Å². The van der Waals surface area contributed by atoms with Crippen molar-refractivity contribution in [3.05, 3.63) is 180 Å². The minimum absolute atomic E-state index is 0.298. The number of nitrogens with one attached hydrogen (secondary N) is 2. The van der Waals surface area contributed by atoms with E-state index in [0.29, 0.717) is 26.4 Å². The second-order valence-corrected chi connectivity index (χ2v) is 19.3. The summed E-state index contributed by atoms with van der Waals surface area (Å²) in [6, 6.07) is 53.2. The Balaban J connectivity index is 0.000000186. The van der Waals surface area contributed by atoms with Crippen LogP contribution in [0.4, 0.5) is 11.4 Å². The molecule has 0 saturated heterocycles. The molecule has 0 saturated carbocycles. The molecule has 8 aromatic rings. The van der Waals surface area contributed by atoms with Gasteiger partial charge in [-0.05, 0) is 121 Å². The van der Waals surface area contributed by atoms with Crippen LogP contribution < -0.4 is 10.6 Å². The molecular weight excluding hydrogens is 811 g/mol. The van der Waals surface area contributed by atoms with Gasteiger partial charge in [0.25, 0.3) is 0 Å². The fraction of sp³-hybridized carbons (Fsp3) is 0.231. The molecule has 8 nitrogen and oxygen atoms in total. The normalized spacial score (nSPS) is 12.9. The fourth-order valence-electron chi connectivity index (χ4n) is 8.01. The fourth-order valence-corrected chi connectivity index (χ4v) is 12.0. The van der Waals surface area contributed by atoms with Gasteiger partial charge in [-0.25, -0.2) is 0 Å². The molecule has 320 valence electrons. The quantitative estimate of drug-likeness (QED) is 0.0732. The summed E-state index contributed by atoms with van der Waals surface area (Å²) in [6.07, 6.45) is 0. The van der Waals surface area contributed by atoms with E-state index in [1.807, 2.05) is 139 Å². The van der Waals surface area contributed by atoms with E-state index >= 15 is 0 Å². The van der Waals surface area contributed by atoms with E-state index in [0.717, 1.165) is 76.7 Å². The molecule has 0 aliphatic rings. The molecule has 0 fully saturated rings. The van der Waals surface area contributed by atoms with Crippen molar-refractivity contribution in [1.29, 1.82) is 0 Å². The van der Waals surface area contributed by atoms with Gasteiger partial charge >= 0.3 is 15.2 Å². The number of rotatable bonds is 16. The first kappa shape index (κ1) is 44.7. The average Bonchev–Trinajstić information content (AvgIpc) is 3.28. The SMILES string of the molecule is CCOP(=O)(OCC)[C@@H](Nc1ccc(C)cc1)c1c2ccccc2cc2ccccc12.CCOP(=O)(OCC)[C@H](Nc1ccc(C)cc1)c1c2ccccc2cc2ccccc12. The van der Waals surface area contributed by atoms with E-state index < -0.39 is 26.8 Å². The van der Waals surface area contributed by atoms with Crippen molar-refractivity contribution in [3.63, 3.8) is 0 Å². The largest absolute Gasteiger partial charge is 0.368 e. The summed E-state index contributed by atoms with van der Waals surface area (Å²) < 4.78 is 51.7. The van der Waals surface area contributed by atoms with Crippen molar-refractivity contribution in [2.75, 3.05) is 37.1 Å². The molecule has 0 unspecified atom stereocenters. The Morgan fingerprint density at radius 1 is 0.403 bits per heavy atom. The van der Waals surface area contributed by atoms with Gasteiger partial charge in [0.05, 0.1) is 26.4 Å². The molecule has 0 spiro atoms. The van der Waals surface area contributed by atoms with E-state index in [4.69, 9.17) is 18.1 Å². The maximum atomic E-state index is 14.2. The van der Waals surface area contributed by atoms with Crippen molar-refractivity contribution in [2.24, 2.45) is 0 Å². The third kappa shape index (κ3) is 9.83. The van der Waals surface area contributed by atoms with E-state index in [1.165, 1.54) is 0 Å². The van der Waals surface area contributed by atoms with Crippen LogP contribution in [0.5, 0.6) is 0 Å². The Labute approximate surface area is 365 Å². The van der Waals surface area contributed by atoms with Gasteiger partial charge in [0.1, 0.15) is 0 Å². The molecule has 0 radical (unpaired) electrons. The Hall–Kier alpha value is -5.30. The molecule has 10 heteroatoms. The first-order chi connectivity index (χ1) is 30.1. The third-order valence-corrected chi connectivity index (χ3v) is 15.3. The van der Waals surface area contributed by atoms with Gasteiger partial charge in [-0.15, -0.1) is 0 Å². The molecule has 8 aromatic carbocycles. The summed E-state index contributed by atoms with van der Waals surface area (Å²) in [4.78, 5) is 0. The lowest BCUT2D eigenvalue weighted by atomic mass is 9.96. The van der Waals surface area contributed by atoms with Crippen molar-refractivity contribution < 1.29 is 27.2 Å². The molecule has 0 aliphatic heterocycles. The summed E-state index contributed by atoms with van der Waals surface area (Å²) in [6.45, 7) is 12.7. The third-order valence-electron chi connectivity index (χ3n) is 10.8. The summed E-state index contributed by atoms with van der Waals surface area (Å²) in [7, 11) is -7.10. The molecule has 62 heavy (non-hydrogen) atoms. The van der Waals surface area contributed by atoms with Gasteiger partial charge in [-0.2, -0.15) is 0 Å². The number of benzene rings is 8. The number of hydrogen-bond donors (Lipinski definition) is 2. The minimum atomic E-state index is -3.55. The zero-order chi connectivity index (χ0) is 43.7. The molecule has 2 N–H and O–H groups in total. The smallest absolute Gasteiger partial charge is 0.357 e. The van der Waals surface area contributed by atoms with E-state index in [9.17, 15) is 9.13 Å². The van der Waals surface area contributed by atoms with Gasteiger partial charge < -0.3 is 28.7 Å². The van der Waals surface area contributed by atoms with Gasteiger partial charge in [0, 0.05) is 22.5 Å². The monoisotopic (exact) mass is 866 g/mol. The van der Waals surface area contributed by atoms with Crippen LogP contribution in [0.1, 0.15) is 61.5 Å². The maximum absolute atomic E-state index is 14.2. The Morgan fingerprint density at radius 3 is 0.919 bits per heavy atom. The zero-order valence-electron chi connectivity index (χ0n) is 36.3. The molecular formula is C52H56N2O6P2. The number of anilines is 2. The topological polar surface area (TPSA) is 95.1 Å². The van der Waals surface area contributed by atoms with Crippen LogP contribution in [-0.4, -0.2) is 26.4 Å². The number of aryl methyl sites for hydroxylation is 2. The van der Waals surface area contributed by atoms with Crippen LogP contribution in [0.25, 0.3) is 43.1 Å². The summed E-state index contributed by atoms with van der Waals surface area (Å²) in [5, 5.41) is 15.5. The van der Waals surface area contributed by atoms with Crippen molar-refractivity contribution in [1.82, 2.24) is 0 Å². The lowest BCUT2D eigenvalue weighted by Gasteiger charge is -2.30. The Bertz CT molecular complexity index is 2540. The van der Waals surface area contributed by atoms with Gasteiger partial charge in [-0.1, -0.05) is 132 Å². The molecule has 0 aromatic heterocycles. The van der Waals surface area contributed by atoms with Crippen molar-refractivity contribution in [2.45, 2.75) is 53.1 Å². The predicted octanol–water partition coefficient (Wildman–Crippen LogP) is 15.4. The number of fused-ring (bicyclic) bond motifs is 4. The average molecular weight is 867 g/mol. The standard InChI is InChI=1S/2C26H28NO3P/c2*1-4-29-31(28,30-5-2)26(27-22-16-14-19(3)15-17-22)25-23-12-8-6-10-20(23)18-21-11-7-9-13-24(21)25/h2*6-18,26-27H,4-5H2,1-3H3/t2*26-/m10/s1. The molecule has 0 heterocycles. The lowest BCUT2D eigenvalue weighted by Crippen LogP contribution is -2.16. The summed E-state index contributed by atoms with van der Waals surface area (Å²) in [5.74, 6) is -1.32. The summed E-state index contributed by atoms with van der Waals surface area (Å²) in [5.41, 5.74) is 5.92. The predicted molar refractivity (Wildman–Crippen MR) is 260 cm³/mol. The molecule has 2 atom stereocenters. The highest BCUT2D eigenvalue weighted by Crippen LogP contribution is 2.64. The molecule has 8 rings (SSSR count). The Morgan fingerprint density at radius 2 is 0.661 bits per heavy atom. The highest BCUT2D eigenvalue weighted by Gasteiger charge is 2.40. The maximum Gasteiger partial charge on any atom is 0.357 e. The first-order valence-electron chi connectivity index (χ1n) is 21.4. The van der Waals surface area contributed by atoms with Gasteiger partial charge in [0.2, 0.25) is 0 Å². The van der Waals surface area contributed by atoms with E-state index in [2.05, 4.69) is 71.3 Å². The van der Waals surface area contributed by atoms with Crippen LogP contribution in [0.3, 0.4) is 0 Å². The minimum Gasteiger partial charge on any atom is -0.368 e. The van der Waals surface area contributed by atoms with Crippen LogP contribution in [0.15, 0.2) is 158 Å². The van der Waals surface area contributed by atoms with Crippen LogP contribution >= 0.6 is 15.2 Å². The second kappa shape index (κ2) is 20.3. The zero-order valence-corrected chi connectivity index (χ0v) is 38.1.